The lowest BCUT2D eigenvalue weighted by Crippen LogP contribution is -2.06. The molecule has 1 aromatic carbocycles. The van der Waals surface area contributed by atoms with Crippen molar-refractivity contribution in [3.05, 3.63) is 41.5 Å². The van der Waals surface area contributed by atoms with Crippen molar-refractivity contribution in [1.29, 1.82) is 5.26 Å². The normalized spacial score (nSPS) is 10.2. The Labute approximate surface area is 132 Å². The SMILES string of the molecule is CSc1nc(-c2ccccc2)c(C(C)=O)c(SC)c1C#N. The zero-order chi connectivity index (χ0) is 15.4. The van der Waals surface area contributed by atoms with Gasteiger partial charge in [-0.2, -0.15) is 5.26 Å². The van der Waals surface area contributed by atoms with Gasteiger partial charge in [0.2, 0.25) is 0 Å². The van der Waals surface area contributed by atoms with Gasteiger partial charge in [-0.3, -0.25) is 4.79 Å². The van der Waals surface area contributed by atoms with E-state index in [9.17, 15) is 10.1 Å². The maximum absolute atomic E-state index is 12.1. The van der Waals surface area contributed by atoms with Crippen LogP contribution in [-0.2, 0) is 0 Å². The maximum atomic E-state index is 12.1. The Hall–Kier alpha value is -1.77. The summed E-state index contributed by atoms with van der Waals surface area (Å²) in [6, 6.07) is 11.8. The molecule has 0 saturated heterocycles. The first-order valence-electron chi connectivity index (χ1n) is 6.26. The number of hydrogen-bond donors (Lipinski definition) is 0. The smallest absolute Gasteiger partial charge is 0.163 e. The van der Waals surface area contributed by atoms with Crippen LogP contribution in [0.2, 0.25) is 0 Å². The molecule has 2 aromatic rings. The summed E-state index contributed by atoms with van der Waals surface area (Å²) < 4.78 is 0. The molecule has 0 saturated carbocycles. The molecule has 0 spiro atoms. The summed E-state index contributed by atoms with van der Waals surface area (Å²) in [5.74, 6) is -0.0742. The fourth-order valence-corrected chi connectivity index (χ4v) is 3.51. The first-order chi connectivity index (χ1) is 10.1. The third kappa shape index (κ3) is 2.97. The molecule has 2 rings (SSSR count). The van der Waals surface area contributed by atoms with Gasteiger partial charge in [-0.05, 0) is 19.4 Å². The predicted molar refractivity (Wildman–Crippen MR) is 88.0 cm³/mol. The number of pyridine rings is 1. The predicted octanol–water partition coefficient (Wildman–Crippen LogP) is 4.27. The minimum absolute atomic E-state index is 0.0742. The van der Waals surface area contributed by atoms with E-state index in [1.807, 2.05) is 42.8 Å². The second-order valence-corrected chi connectivity index (χ2v) is 5.90. The molecule has 0 N–H and O–H groups in total. The molecular weight excluding hydrogens is 300 g/mol. The monoisotopic (exact) mass is 314 g/mol. The van der Waals surface area contributed by atoms with Crippen molar-refractivity contribution < 1.29 is 4.79 Å². The third-order valence-corrected chi connectivity index (χ3v) is 4.53. The molecule has 5 heteroatoms. The largest absolute Gasteiger partial charge is 0.294 e. The Bertz CT molecular complexity index is 721. The lowest BCUT2D eigenvalue weighted by molar-refractivity contribution is 0.101. The van der Waals surface area contributed by atoms with Crippen LogP contribution in [0.4, 0.5) is 0 Å². The number of aromatic nitrogens is 1. The van der Waals surface area contributed by atoms with Crippen molar-refractivity contribution in [2.45, 2.75) is 16.8 Å². The average Bonchev–Trinajstić information content (AvgIpc) is 2.53. The summed E-state index contributed by atoms with van der Waals surface area (Å²) in [5.41, 5.74) is 2.55. The second kappa shape index (κ2) is 6.79. The van der Waals surface area contributed by atoms with Gasteiger partial charge in [-0.1, -0.05) is 30.3 Å². The van der Waals surface area contributed by atoms with Crippen LogP contribution in [0.5, 0.6) is 0 Å². The van der Waals surface area contributed by atoms with Crippen LogP contribution in [0.25, 0.3) is 11.3 Å². The Balaban J connectivity index is 2.88. The van der Waals surface area contributed by atoms with E-state index in [1.165, 1.54) is 30.4 Å². The van der Waals surface area contributed by atoms with Crippen LogP contribution < -0.4 is 0 Å². The van der Waals surface area contributed by atoms with Crippen LogP contribution in [0.1, 0.15) is 22.8 Å². The number of benzene rings is 1. The van der Waals surface area contributed by atoms with Gasteiger partial charge in [0.25, 0.3) is 0 Å². The number of carbonyl (C=O) groups excluding carboxylic acids is 1. The summed E-state index contributed by atoms with van der Waals surface area (Å²) >= 11 is 2.84. The molecule has 0 atom stereocenters. The molecule has 0 radical (unpaired) electrons. The van der Waals surface area contributed by atoms with Gasteiger partial charge in [0.1, 0.15) is 11.1 Å². The number of Topliss-reactive ketones (excluding diaryl/α,β-unsaturated/α-hetero) is 1. The van der Waals surface area contributed by atoms with E-state index < -0.39 is 0 Å². The van der Waals surface area contributed by atoms with Crippen LogP contribution in [-0.4, -0.2) is 23.3 Å². The number of rotatable bonds is 4. The number of hydrogen-bond acceptors (Lipinski definition) is 5. The molecule has 3 nitrogen and oxygen atoms in total. The highest BCUT2D eigenvalue weighted by Crippen LogP contribution is 2.36. The minimum Gasteiger partial charge on any atom is -0.294 e. The fraction of sp³-hybridized carbons (Fsp3) is 0.188. The van der Waals surface area contributed by atoms with E-state index >= 15 is 0 Å². The summed E-state index contributed by atoms with van der Waals surface area (Å²) in [6.45, 7) is 1.52. The van der Waals surface area contributed by atoms with E-state index in [0.29, 0.717) is 26.7 Å². The quantitative estimate of drug-likeness (QED) is 0.623. The Morgan fingerprint density at radius 3 is 2.33 bits per heavy atom. The van der Waals surface area contributed by atoms with E-state index in [-0.39, 0.29) is 5.78 Å². The third-order valence-electron chi connectivity index (χ3n) is 3.03. The van der Waals surface area contributed by atoms with Gasteiger partial charge in [-0.15, -0.1) is 23.5 Å². The molecule has 0 bridgehead atoms. The van der Waals surface area contributed by atoms with Gasteiger partial charge in [-0.25, -0.2) is 4.98 Å². The van der Waals surface area contributed by atoms with Crippen LogP contribution in [0.3, 0.4) is 0 Å². The molecule has 1 aromatic heterocycles. The summed E-state index contributed by atoms with van der Waals surface area (Å²) in [4.78, 5) is 17.4. The molecule has 0 aliphatic carbocycles. The van der Waals surface area contributed by atoms with E-state index in [2.05, 4.69) is 11.1 Å². The highest BCUT2D eigenvalue weighted by molar-refractivity contribution is 7.99. The van der Waals surface area contributed by atoms with Crippen molar-refractivity contribution >= 4 is 29.3 Å². The minimum atomic E-state index is -0.0742. The number of ketones is 1. The molecule has 1 heterocycles. The summed E-state index contributed by atoms with van der Waals surface area (Å²) in [6.07, 6.45) is 3.76. The highest BCUT2D eigenvalue weighted by atomic mass is 32.2. The number of thioether (sulfide) groups is 2. The van der Waals surface area contributed by atoms with E-state index in [1.54, 1.807) is 0 Å². The Morgan fingerprint density at radius 1 is 1.19 bits per heavy atom. The fourth-order valence-electron chi connectivity index (χ4n) is 2.12. The molecule has 0 fully saturated rings. The molecule has 21 heavy (non-hydrogen) atoms. The number of nitrogens with zero attached hydrogens (tertiary/aromatic N) is 2. The average molecular weight is 314 g/mol. The zero-order valence-corrected chi connectivity index (χ0v) is 13.6. The molecule has 106 valence electrons. The maximum Gasteiger partial charge on any atom is 0.163 e. The van der Waals surface area contributed by atoms with Crippen molar-refractivity contribution in [1.82, 2.24) is 4.98 Å². The van der Waals surface area contributed by atoms with Crippen molar-refractivity contribution in [2.75, 3.05) is 12.5 Å². The molecule has 0 amide bonds. The standard InChI is InChI=1S/C16H14N2OS2/c1-10(19)13-14(11-7-5-4-6-8-11)18-16(21-3)12(9-17)15(13)20-2/h4-8H,1-3H3. The van der Waals surface area contributed by atoms with Gasteiger partial charge >= 0.3 is 0 Å². The van der Waals surface area contributed by atoms with E-state index in [0.717, 1.165) is 5.56 Å². The van der Waals surface area contributed by atoms with Crippen molar-refractivity contribution in [3.8, 4) is 17.3 Å². The lowest BCUT2D eigenvalue weighted by atomic mass is 10.0. The first kappa shape index (κ1) is 15.6. The zero-order valence-electron chi connectivity index (χ0n) is 12.0. The highest BCUT2D eigenvalue weighted by Gasteiger charge is 2.22. The van der Waals surface area contributed by atoms with Gasteiger partial charge < -0.3 is 0 Å². The van der Waals surface area contributed by atoms with Crippen molar-refractivity contribution in [2.24, 2.45) is 0 Å². The van der Waals surface area contributed by atoms with Gasteiger partial charge in [0.15, 0.2) is 5.78 Å². The lowest BCUT2D eigenvalue weighted by Gasteiger charge is -2.14. The Kier molecular flexibility index (Phi) is 5.05. The van der Waals surface area contributed by atoms with Crippen LogP contribution >= 0.6 is 23.5 Å². The number of nitriles is 1. The summed E-state index contributed by atoms with van der Waals surface area (Å²) in [5, 5.41) is 10.1. The van der Waals surface area contributed by atoms with Crippen molar-refractivity contribution in [3.63, 3.8) is 0 Å². The second-order valence-electron chi connectivity index (χ2n) is 4.29. The number of carbonyl (C=O) groups is 1. The first-order valence-corrected chi connectivity index (χ1v) is 8.71. The molecular formula is C16H14N2OS2. The van der Waals surface area contributed by atoms with Crippen LogP contribution in [0, 0.1) is 11.3 Å². The Morgan fingerprint density at radius 2 is 1.86 bits per heavy atom. The summed E-state index contributed by atoms with van der Waals surface area (Å²) in [7, 11) is 0. The van der Waals surface area contributed by atoms with Crippen LogP contribution in [0.15, 0.2) is 40.3 Å². The van der Waals surface area contributed by atoms with Gasteiger partial charge in [0.05, 0.1) is 16.8 Å². The molecule has 0 unspecified atom stereocenters. The topological polar surface area (TPSA) is 53.8 Å². The van der Waals surface area contributed by atoms with E-state index in [4.69, 9.17) is 0 Å². The molecule has 0 aliphatic rings. The van der Waals surface area contributed by atoms with Gasteiger partial charge in [0, 0.05) is 10.5 Å². The molecule has 0 aliphatic heterocycles.